The number of allylic oxidation sites excluding steroid dienone is 1. The van der Waals surface area contributed by atoms with Crippen molar-refractivity contribution in [3.8, 4) is 0 Å². The molecular formula is C13H13Br2NO4. The van der Waals surface area contributed by atoms with Crippen LogP contribution in [-0.2, 0) is 9.53 Å². The van der Waals surface area contributed by atoms with Crippen LogP contribution in [0.4, 0.5) is 10.5 Å². The summed E-state index contributed by atoms with van der Waals surface area (Å²) in [5.74, 6) is -1.22. The number of nitrogens with one attached hydrogen (secondary N) is 1. The van der Waals surface area contributed by atoms with Crippen LogP contribution in [0.5, 0.6) is 0 Å². The second-order valence-corrected chi connectivity index (χ2v) is 5.68. The van der Waals surface area contributed by atoms with Crippen molar-refractivity contribution in [3.05, 3.63) is 38.8 Å². The maximum atomic E-state index is 11.7. The number of hydrogen-bond acceptors (Lipinski definition) is 3. The lowest BCUT2D eigenvalue weighted by Crippen LogP contribution is -2.30. The average Bonchev–Trinajstić information content (AvgIpc) is 2.38. The molecular weight excluding hydrogens is 394 g/mol. The number of carboxylic acids is 1. The SMILES string of the molecule is CC=C(C)C(OC(=O)Nc1ccc(Br)cc1Br)C(=O)O. The Morgan fingerprint density at radius 3 is 2.55 bits per heavy atom. The molecule has 0 aliphatic carbocycles. The van der Waals surface area contributed by atoms with Crippen LogP contribution in [0.2, 0.25) is 0 Å². The largest absolute Gasteiger partial charge is 0.478 e. The van der Waals surface area contributed by atoms with Crippen LogP contribution in [0.25, 0.3) is 0 Å². The van der Waals surface area contributed by atoms with E-state index in [9.17, 15) is 9.59 Å². The Kier molecular flexibility index (Phi) is 6.22. The molecule has 0 heterocycles. The zero-order valence-electron chi connectivity index (χ0n) is 10.8. The molecule has 1 amide bonds. The van der Waals surface area contributed by atoms with Crippen molar-refractivity contribution in [3.63, 3.8) is 0 Å². The first-order valence-corrected chi connectivity index (χ1v) is 7.22. The predicted octanol–water partition coefficient (Wildman–Crippen LogP) is 4.18. The number of aliphatic carboxylic acids is 1. The first kappa shape index (κ1) is 16.7. The topological polar surface area (TPSA) is 75.6 Å². The first-order valence-electron chi connectivity index (χ1n) is 5.63. The van der Waals surface area contributed by atoms with Gasteiger partial charge in [-0.2, -0.15) is 0 Å². The van der Waals surface area contributed by atoms with Gasteiger partial charge < -0.3 is 9.84 Å². The summed E-state index contributed by atoms with van der Waals surface area (Å²) in [6, 6.07) is 5.15. The fourth-order valence-electron chi connectivity index (χ4n) is 1.33. The minimum absolute atomic E-state index is 0.447. The van der Waals surface area contributed by atoms with Gasteiger partial charge in [-0.15, -0.1) is 0 Å². The Bertz CT molecular complexity index is 557. The smallest absolute Gasteiger partial charge is 0.412 e. The molecule has 0 aliphatic rings. The van der Waals surface area contributed by atoms with Crippen LogP contribution in [0.1, 0.15) is 13.8 Å². The highest BCUT2D eigenvalue weighted by atomic mass is 79.9. The lowest BCUT2D eigenvalue weighted by molar-refractivity contribution is -0.144. The third-order valence-electron chi connectivity index (χ3n) is 2.49. The molecule has 1 unspecified atom stereocenters. The minimum atomic E-state index is -1.30. The third kappa shape index (κ3) is 4.64. The van der Waals surface area contributed by atoms with E-state index in [1.807, 2.05) is 0 Å². The number of amides is 1. The van der Waals surface area contributed by atoms with Gasteiger partial charge in [0.1, 0.15) is 0 Å². The molecule has 1 aromatic carbocycles. The van der Waals surface area contributed by atoms with Gasteiger partial charge in [-0.05, 0) is 53.5 Å². The maximum Gasteiger partial charge on any atom is 0.412 e. The highest BCUT2D eigenvalue weighted by Gasteiger charge is 2.23. The molecule has 0 saturated carbocycles. The van der Waals surface area contributed by atoms with Gasteiger partial charge >= 0.3 is 12.1 Å². The number of ether oxygens (including phenoxy) is 1. The number of anilines is 1. The van der Waals surface area contributed by atoms with Crippen molar-refractivity contribution in [2.24, 2.45) is 0 Å². The van der Waals surface area contributed by atoms with Gasteiger partial charge in [-0.25, -0.2) is 9.59 Å². The fraction of sp³-hybridized carbons (Fsp3) is 0.231. The molecule has 0 saturated heterocycles. The molecule has 1 rings (SSSR count). The summed E-state index contributed by atoms with van der Waals surface area (Å²) in [4.78, 5) is 22.8. The number of halogens is 2. The number of carboxylic acid groups (broad SMARTS) is 1. The molecule has 0 aromatic heterocycles. The monoisotopic (exact) mass is 405 g/mol. The van der Waals surface area contributed by atoms with Crippen LogP contribution >= 0.6 is 31.9 Å². The van der Waals surface area contributed by atoms with Crippen LogP contribution in [-0.4, -0.2) is 23.3 Å². The summed E-state index contributed by atoms with van der Waals surface area (Å²) in [6.07, 6.45) is -0.544. The van der Waals surface area contributed by atoms with Crippen molar-refractivity contribution in [1.82, 2.24) is 0 Å². The van der Waals surface area contributed by atoms with Crippen molar-refractivity contribution in [1.29, 1.82) is 0 Å². The Morgan fingerprint density at radius 2 is 2.05 bits per heavy atom. The molecule has 1 atom stereocenters. The lowest BCUT2D eigenvalue weighted by Gasteiger charge is -2.15. The quantitative estimate of drug-likeness (QED) is 0.735. The van der Waals surface area contributed by atoms with E-state index >= 15 is 0 Å². The highest BCUT2D eigenvalue weighted by molar-refractivity contribution is 9.11. The van der Waals surface area contributed by atoms with E-state index in [1.54, 1.807) is 38.1 Å². The lowest BCUT2D eigenvalue weighted by atomic mass is 10.1. The van der Waals surface area contributed by atoms with E-state index in [4.69, 9.17) is 9.84 Å². The van der Waals surface area contributed by atoms with Gasteiger partial charge in [0, 0.05) is 8.95 Å². The fourth-order valence-corrected chi connectivity index (χ4v) is 2.47. The van der Waals surface area contributed by atoms with Gasteiger partial charge in [0.05, 0.1) is 5.69 Å². The second kappa shape index (κ2) is 7.44. The van der Waals surface area contributed by atoms with Crippen LogP contribution < -0.4 is 5.32 Å². The summed E-state index contributed by atoms with van der Waals surface area (Å²) in [5, 5.41) is 11.5. The Balaban J connectivity index is 2.78. The number of carbonyl (C=O) groups is 2. The molecule has 0 radical (unpaired) electrons. The predicted molar refractivity (Wildman–Crippen MR) is 82.8 cm³/mol. The Labute approximate surface area is 133 Å². The van der Waals surface area contributed by atoms with Crippen LogP contribution in [0, 0.1) is 0 Å². The molecule has 20 heavy (non-hydrogen) atoms. The van der Waals surface area contributed by atoms with Gasteiger partial charge in [0.15, 0.2) is 0 Å². The number of rotatable bonds is 4. The van der Waals surface area contributed by atoms with Gasteiger partial charge in [-0.1, -0.05) is 22.0 Å². The number of carbonyl (C=O) groups excluding carboxylic acids is 1. The summed E-state index contributed by atoms with van der Waals surface area (Å²) >= 11 is 6.58. The minimum Gasteiger partial charge on any atom is -0.478 e. The molecule has 1 aromatic rings. The third-order valence-corrected chi connectivity index (χ3v) is 3.64. The standard InChI is InChI=1S/C13H13Br2NO4/c1-3-7(2)11(12(17)18)20-13(19)16-10-5-4-8(14)6-9(10)15/h3-6,11H,1-2H3,(H,16,19)(H,17,18). The van der Waals surface area contributed by atoms with Crippen molar-refractivity contribution >= 4 is 49.6 Å². The summed E-state index contributed by atoms with van der Waals surface area (Å²) in [5.41, 5.74) is 0.933. The van der Waals surface area contributed by atoms with Gasteiger partial charge in [0.2, 0.25) is 6.10 Å². The van der Waals surface area contributed by atoms with E-state index in [2.05, 4.69) is 37.2 Å². The Hall–Kier alpha value is -1.34. The Morgan fingerprint density at radius 1 is 1.40 bits per heavy atom. The van der Waals surface area contributed by atoms with Crippen molar-refractivity contribution in [2.75, 3.05) is 5.32 Å². The summed E-state index contributed by atoms with van der Waals surface area (Å²) in [6.45, 7) is 3.26. The van der Waals surface area contributed by atoms with Crippen molar-refractivity contribution < 1.29 is 19.4 Å². The maximum absolute atomic E-state index is 11.7. The van der Waals surface area contributed by atoms with Crippen LogP contribution in [0.3, 0.4) is 0 Å². The molecule has 0 bridgehead atoms. The molecule has 2 N–H and O–H groups in total. The van der Waals surface area contributed by atoms with E-state index in [0.717, 1.165) is 4.47 Å². The van der Waals surface area contributed by atoms with E-state index in [0.29, 0.717) is 15.7 Å². The molecule has 0 aliphatic heterocycles. The van der Waals surface area contributed by atoms with Crippen LogP contribution in [0.15, 0.2) is 38.8 Å². The highest BCUT2D eigenvalue weighted by Crippen LogP contribution is 2.26. The molecule has 0 fully saturated rings. The number of hydrogen-bond donors (Lipinski definition) is 2. The molecule has 108 valence electrons. The average molecular weight is 407 g/mol. The summed E-state index contributed by atoms with van der Waals surface area (Å²) in [7, 11) is 0. The number of benzene rings is 1. The molecule has 0 spiro atoms. The van der Waals surface area contributed by atoms with E-state index in [1.165, 1.54) is 0 Å². The second-order valence-electron chi connectivity index (χ2n) is 3.91. The first-order chi connectivity index (χ1) is 9.35. The summed E-state index contributed by atoms with van der Waals surface area (Å²) < 4.78 is 6.40. The molecule has 5 nitrogen and oxygen atoms in total. The van der Waals surface area contributed by atoms with Crippen molar-refractivity contribution in [2.45, 2.75) is 20.0 Å². The van der Waals surface area contributed by atoms with Gasteiger partial charge in [0.25, 0.3) is 0 Å². The zero-order chi connectivity index (χ0) is 15.3. The van der Waals surface area contributed by atoms with E-state index in [-0.39, 0.29) is 0 Å². The normalized spacial score (nSPS) is 12.7. The molecule has 7 heteroatoms. The van der Waals surface area contributed by atoms with Gasteiger partial charge in [-0.3, -0.25) is 5.32 Å². The zero-order valence-corrected chi connectivity index (χ0v) is 14.0. The van der Waals surface area contributed by atoms with E-state index < -0.39 is 18.2 Å².